The third-order valence-electron chi connectivity index (χ3n) is 12.6. The number of aryl methyl sites for hydroxylation is 2. The quantitative estimate of drug-likeness (QED) is 0.128. The molecule has 0 atom stereocenters. The zero-order valence-corrected chi connectivity index (χ0v) is 40.3. The van der Waals surface area contributed by atoms with Gasteiger partial charge in [0.05, 0.1) is 11.6 Å². The van der Waals surface area contributed by atoms with Crippen LogP contribution in [0.15, 0.2) is 133 Å². The molecular weight excluding hydrogens is 964 g/mol. The van der Waals surface area contributed by atoms with E-state index in [-0.39, 0.29) is 31.9 Å². The fourth-order valence-electron chi connectivity index (χ4n) is 8.96. The van der Waals surface area contributed by atoms with E-state index in [1.807, 2.05) is 21.5 Å². The minimum atomic E-state index is -0.482. The Morgan fingerprint density at radius 1 is 0.453 bits per heavy atom. The van der Waals surface area contributed by atoms with Crippen LogP contribution in [-0.4, -0.2) is 28.7 Å². The Morgan fingerprint density at radius 3 is 1.11 bits per heavy atom. The molecule has 0 aliphatic rings. The Bertz CT molecular complexity index is 2980. The number of benzene rings is 6. The molecule has 0 aliphatic carbocycles. The van der Waals surface area contributed by atoms with Gasteiger partial charge in [0.25, 0.3) is 0 Å². The van der Waals surface area contributed by atoms with Crippen molar-refractivity contribution in [3.63, 3.8) is 0 Å². The SMILES string of the molecule is CC(C)(C)CCc1cc(-n2[c-]cc(-n3c4ccccc4c4ccccc43)n2)[c-]c(C(C)(C)c2[c-]c(-n3[c-]cc(-n4c5ccccc5c5ccccc54)n3)cc(CCC(C)(C)C)c2)c1.[Pt+4]. The second kappa shape index (κ2) is 16.5. The monoisotopic (exact) mass is 1020 g/mol. The van der Waals surface area contributed by atoms with Gasteiger partial charge in [-0.3, -0.25) is 0 Å². The maximum absolute atomic E-state index is 5.21. The summed E-state index contributed by atoms with van der Waals surface area (Å²) in [6.45, 7) is 18.5. The van der Waals surface area contributed by atoms with Crippen molar-refractivity contribution < 1.29 is 21.1 Å². The molecule has 0 radical (unpaired) electrons. The van der Waals surface area contributed by atoms with E-state index in [1.54, 1.807) is 0 Å². The van der Waals surface area contributed by atoms with Gasteiger partial charge in [-0.05, 0) is 53.4 Å². The Hall–Kier alpha value is -5.97. The molecule has 322 valence electrons. The van der Waals surface area contributed by atoms with Gasteiger partial charge in [-0.2, -0.15) is 57.9 Å². The van der Waals surface area contributed by atoms with Crippen LogP contribution in [0.1, 0.15) is 90.5 Å². The van der Waals surface area contributed by atoms with E-state index in [4.69, 9.17) is 10.2 Å². The van der Waals surface area contributed by atoms with Crippen molar-refractivity contribution in [2.45, 2.75) is 86.5 Å². The average Bonchev–Trinajstić information content (AvgIpc) is 4.08. The van der Waals surface area contributed by atoms with Gasteiger partial charge in [0.2, 0.25) is 0 Å². The molecule has 0 aliphatic heterocycles. The van der Waals surface area contributed by atoms with Crippen LogP contribution in [0.25, 0.3) is 66.6 Å². The van der Waals surface area contributed by atoms with E-state index in [1.165, 1.54) is 32.7 Å². The predicted octanol–water partition coefficient (Wildman–Crippen LogP) is 13.7. The molecule has 10 rings (SSSR count). The molecule has 6 nitrogen and oxygen atoms in total. The fourth-order valence-corrected chi connectivity index (χ4v) is 8.96. The molecule has 4 aromatic heterocycles. The predicted molar refractivity (Wildman–Crippen MR) is 259 cm³/mol. The van der Waals surface area contributed by atoms with Crippen LogP contribution < -0.4 is 0 Å². The Kier molecular flexibility index (Phi) is 11.2. The molecule has 7 heteroatoms. The molecule has 0 saturated carbocycles. The zero-order chi connectivity index (χ0) is 43.7. The molecule has 0 fully saturated rings. The number of hydrogen-bond acceptors (Lipinski definition) is 2. The van der Waals surface area contributed by atoms with Gasteiger partial charge < -0.3 is 18.5 Å². The first-order valence-electron chi connectivity index (χ1n) is 22.3. The van der Waals surface area contributed by atoms with E-state index < -0.39 is 5.41 Å². The first-order valence-corrected chi connectivity index (χ1v) is 22.3. The first kappa shape index (κ1) is 43.3. The van der Waals surface area contributed by atoms with Crippen molar-refractivity contribution in [1.82, 2.24) is 28.7 Å². The number of hydrogen-bond donors (Lipinski definition) is 0. The summed E-state index contributed by atoms with van der Waals surface area (Å²) in [5.74, 6) is 1.64. The Balaban J connectivity index is 0.00000518. The van der Waals surface area contributed by atoms with E-state index in [9.17, 15) is 0 Å². The van der Waals surface area contributed by atoms with Gasteiger partial charge >= 0.3 is 21.1 Å². The van der Waals surface area contributed by atoms with Crippen molar-refractivity contribution in [3.8, 4) is 23.0 Å². The van der Waals surface area contributed by atoms with Gasteiger partial charge in [-0.15, -0.1) is 12.1 Å². The summed E-state index contributed by atoms with van der Waals surface area (Å²) in [5.41, 5.74) is 10.8. The molecule has 10 aromatic rings. The van der Waals surface area contributed by atoms with Gasteiger partial charge in [0, 0.05) is 43.6 Å². The van der Waals surface area contributed by atoms with Crippen LogP contribution in [0, 0.1) is 35.4 Å². The second-order valence-electron chi connectivity index (χ2n) is 20.1. The van der Waals surface area contributed by atoms with Crippen LogP contribution in [0.4, 0.5) is 0 Å². The fraction of sp³-hybridized carbons (Fsp3) is 0.263. The van der Waals surface area contributed by atoms with Gasteiger partial charge in [-0.25, -0.2) is 22.3 Å². The number of para-hydroxylation sites is 4. The largest absolute Gasteiger partial charge is 4.00 e. The molecule has 0 amide bonds. The standard InChI is InChI=1S/C57H54N6.Pt/c1-55(2,3)29-25-39-33-41(37-43(35-39)60-31-27-53(58-60)62-49-21-13-9-17-45(49)46-18-10-14-22-50(46)62)57(7,8)42-34-40(26-30-56(4,5)6)36-44(38-42)61-32-28-54(59-61)63-51-23-15-11-19-47(51)48-20-12-16-24-52(48)63;/h9-24,27-28,33-36H,25-26,29-30H2,1-8H3;/q-4;+4. The molecule has 0 saturated heterocycles. The summed E-state index contributed by atoms with van der Waals surface area (Å²) < 4.78 is 8.24. The summed E-state index contributed by atoms with van der Waals surface area (Å²) in [4.78, 5) is 0. The maximum atomic E-state index is 5.21. The van der Waals surface area contributed by atoms with Gasteiger partial charge in [0.15, 0.2) is 0 Å². The van der Waals surface area contributed by atoms with Crippen molar-refractivity contribution in [2.75, 3.05) is 0 Å². The number of aromatic nitrogens is 6. The van der Waals surface area contributed by atoms with Crippen molar-refractivity contribution in [3.05, 3.63) is 180 Å². The third-order valence-corrected chi connectivity index (χ3v) is 12.6. The zero-order valence-electron chi connectivity index (χ0n) is 38.0. The minimum absolute atomic E-state index is 0. The Morgan fingerprint density at radius 2 is 0.781 bits per heavy atom. The molecular formula is C57H54N6Pt. The molecule has 64 heavy (non-hydrogen) atoms. The average molecular weight is 1020 g/mol. The van der Waals surface area contributed by atoms with Crippen LogP contribution in [-0.2, 0) is 39.3 Å². The number of fused-ring (bicyclic) bond motifs is 6. The van der Waals surface area contributed by atoms with Crippen LogP contribution >= 0.6 is 0 Å². The second-order valence-corrected chi connectivity index (χ2v) is 20.1. The normalized spacial score (nSPS) is 12.5. The van der Waals surface area contributed by atoms with Crippen LogP contribution in [0.3, 0.4) is 0 Å². The van der Waals surface area contributed by atoms with Gasteiger partial charge in [0.1, 0.15) is 0 Å². The van der Waals surface area contributed by atoms with E-state index in [0.717, 1.165) is 81.9 Å². The summed E-state index contributed by atoms with van der Waals surface area (Å²) in [6, 6.07) is 55.1. The topological polar surface area (TPSA) is 45.5 Å². The molecule has 0 unspecified atom stereocenters. The molecule has 0 spiro atoms. The number of rotatable bonds is 10. The summed E-state index contributed by atoms with van der Waals surface area (Å²) >= 11 is 0. The van der Waals surface area contributed by atoms with Crippen LogP contribution in [0.5, 0.6) is 0 Å². The minimum Gasteiger partial charge on any atom is -0.382 e. The summed E-state index contributed by atoms with van der Waals surface area (Å²) in [7, 11) is 0. The van der Waals surface area contributed by atoms with E-state index >= 15 is 0 Å². The smallest absolute Gasteiger partial charge is 0.382 e. The molecule has 4 heterocycles. The molecule has 6 aromatic carbocycles. The number of nitrogens with zero attached hydrogens (tertiary/aromatic N) is 6. The third kappa shape index (κ3) is 8.18. The Labute approximate surface area is 391 Å². The first-order chi connectivity index (χ1) is 30.2. The van der Waals surface area contributed by atoms with Crippen molar-refractivity contribution in [1.29, 1.82) is 0 Å². The maximum Gasteiger partial charge on any atom is 4.00 e. The summed E-state index contributed by atoms with van der Waals surface area (Å²) in [6.07, 6.45) is 11.0. The van der Waals surface area contributed by atoms with Gasteiger partial charge in [-0.1, -0.05) is 153 Å². The van der Waals surface area contributed by atoms with E-state index in [2.05, 4.69) is 210 Å². The van der Waals surface area contributed by atoms with E-state index in [0.29, 0.717) is 0 Å². The van der Waals surface area contributed by atoms with Crippen molar-refractivity contribution >= 4 is 43.6 Å². The van der Waals surface area contributed by atoms with Crippen molar-refractivity contribution in [2.24, 2.45) is 10.8 Å². The van der Waals surface area contributed by atoms with Crippen LogP contribution in [0.2, 0.25) is 0 Å². The summed E-state index contributed by atoms with van der Waals surface area (Å²) in [5, 5.41) is 15.3. The molecule has 0 bridgehead atoms. The molecule has 0 N–H and O–H groups in total.